The maximum atomic E-state index is 13.7. The Balaban J connectivity index is 1.71. The van der Waals surface area contributed by atoms with E-state index in [-0.39, 0.29) is 33.1 Å². The topological polar surface area (TPSA) is 138 Å². The monoisotopic (exact) mass is 506 g/mol. The van der Waals surface area contributed by atoms with Crippen LogP contribution in [0.5, 0.6) is 0 Å². The molecule has 1 aliphatic carbocycles. The van der Waals surface area contributed by atoms with Crippen LogP contribution in [0.1, 0.15) is 25.7 Å². The van der Waals surface area contributed by atoms with Crippen LogP contribution >= 0.6 is 0 Å². The summed E-state index contributed by atoms with van der Waals surface area (Å²) in [7, 11) is -8.18. The third-order valence-corrected chi connectivity index (χ3v) is 10.2. The molecule has 182 valence electrons. The van der Waals surface area contributed by atoms with Crippen LogP contribution in [0, 0.1) is 11.8 Å². The van der Waals surface area contributed by atoms with Crippen molar-refractivity contribution < 1.29 is 31.5 Å². The van der Waals surface area contributed by atoms with Gasteiger partial charge in [-0.25, -0.2) is 16.8 Å². The number of amides is 1. The molecule has 3 atom stereocenters. The van der Waals surface area contributed by atoms with Crippen LogP contribution in [0.25, 0.3) is 0 Å². The minimum absolute atomic E-state index is 0.0136. The number of fused-ring (bicyclic) bond motifs is 1. The van der Waals surface area contributed by atoms with Gasteiger partial charge >= 0.3 is 5.97 Å². The van der Waals surface area contributed by atoms with Crippen LogP contribution < -0.4 is 5.32 Å². The Morgan fingerprint density at radius 2 is 1.56 bits per heavy atom. The van der Waals surface area contributed by atoms with Crippen LogP contribution in [-0.4, -0.2) is 57.3 Å². The third-order valence-electron chi connectivity index (χ3n) is 6.56. The number of nitrogens with zero attached hydrogens (tertiary/aromatic N) is 1. The third kappa shape index (κ3) is 4.59. The van der Waals surface area contributed by atoms with E-state index >= 15 is 0 Å². The Morgan fingerprint density at radius 3 is 2.26 bits per heavy atom. The van der Waals surface area contributed by atoms with Crippen molar-refractivity contribution in [3.63, 3.8) is 0 Å². The molecule has 0 bridgehead atoms. The van der Waals surface area contributed by atoms with E-state index in [2.05, 4.69) is 5.32 Å². The summed E-state index contributed by atoms with van der Waals surface area (Å²) in [5, 5.41) is 11.3. The van der Waals surface area contributed by atoms with Gasteiger partial charge in [-0.3, -0.25) is 9.59 Å². The lowest BCUT2D eigenvalue weighted by molar-refractivity contribution is -0.138. The second kappa shape index (κ2) is 9.47. The molecular weight excluding hydrogens is 480 g/mol. The molecule has 1 amide bonds. The summed E-state index contributed by atoms with van der Waals surface area (Å²) in [6, 6.07) is 11.8. The molecule has 3 unspecified atom stereocenters. The van der Waals surface area contributed by atoms with Gasteiger partial charge in [-0.1, -0.05) is 37.1 Å². The summed E-state index contributed by atoms with van der Waals surface area (Å²) < 4.78 is 54.6. The summed E-state index contributed by atoms with van der Waals surface area (Å²) in [5.41, 5.74) is 0. The molecule has 11 heteroatoms. The molecule has 0 spiro atoms. The lowest BCUT2D eigenvalue weighted by Gasteiger charge is -2.29. The van der Waals surface area contributed by atoms with E-state index in [1.165, 1.54) is 30.3 Å². The van der Waals surface area contributed by atoms with Crippen molar-refractivity contribution in [3.8, 4) is 0 Å². The quantitative estimate of drug-likeness (QED) is 0.585. The average molecular weight is 507 g/mol. The molecular formula is C23H26N2O7S2. The van der Waals surface area contributed by atoms with Crippen LogP contribution in [0.15, 0.2) is 69.3 Å². The van der Waals surface area contributed by atoms with Crippen molar-refractivity contribution in [3.05, 3.63) is 54.6 Å². The predicted molar refractivity (Wildman–Crippen MR) is 122 cm³/mol. The van der Waals surface area contributed by atoms with Crippen LogP contribution in [-0.2, 0) is 29.4 Å². The van der Waals surface area contributed by atoms with Gasteiger partial charge in [-0.05, 0) is 55.0 Å². The largest absolute Gasteiger partial charge is 0.480 e. The number of rotatable bonds is 7. The van der Waals surface area contributed by atoms with Gasteiger partial charge in [-0.15, -0.1) is 0 Å². The number of hydrogen-bond acceptors (Lipinski definition) is 6. The van der Waals surface area contributed by atoms with E-state index in [0.29, 0.717) is 6.42 Å². The Morgan fingerprint density at radius 1 is 0.912 bits per heavy atom. The molecule has 2 aromatic carbocycles. The second-order valence-electron chi connectivity index (χ2n) is 8.63. The fourth-order valence-electron chi connectivity index (χ4n) is 4.95. The van der Waals surface area contributed by atoms with Crippen molar-refractivity contribution in [2.75, 3.05) is 13.1 Å². The molecule has 0 radical (unpaired) electrons. The Labute approximate surface area is 198 Å². The molecule has 1 saturated carbocycles. The minimum Gasteiger partial charge on any atom is -0.480 e. The number of benzene rings is 2. The highest BCUT2D eigenvalue weighted by Gasteiger charge is 2.51. The molecule has 34 heavy (non-hydrogen) atoms. The fourth-order valence-corrected chi connectivity index (χ4v) is 8.09. The first-order chi connectivity index (χ1) is 16.1. The van der Waals surface area contributed by atoms with E-state index in [1.807, 2.05) is 0 Å². The van der Waals surface area contributed by atoms with Crippen LogP contribution in [0.2, 0.25) is 0 Å². The molecule has 0 aromatic heterocycles. The summed E-state index contributed by atoms with van der Waals surface area (Å²) in [6.45, 7) is -0.473. The van der Waals surface area contributed by atoms with Gasteiger partial charge in [0, 0.05) is 6.54 Å². The maximum absolute atomic E-state index is 13.7. The first-order valence-corrected chi connectivity index (χ1v) is 14.0. The number of nitrogens with one attached hydrogen (secondary N) is 1. The molecule has 2 aliphatic rings. The van der Waals surface area contributed by atoms with Gasteiger partial charge in [0.15, 0.2) is 0 Å². The minimum atomic E-state index is -4.23. The molecule has 2 aromatic rings. The van der Waals surface area contributed by atoms with E-state index in [9.17, 15) is 26.4 Å². The van der Waals surface area contributed by atoms with E-state index in [1.54, 1.807) is 18.2 Å². The van der Waals surface area contributed by atoms with Gasteiger partial charge in [-0.2, -0.15) is 4.31 Å². The molecule has 9 nitrogen and oxygen atoms in total. The number of carbonyl (C=O) groups is 2. The highest BCUT2D eigenvalue weighted by molar-refractivity contribution is 7.91. The van der Waals surface area contributed by atoms with Crippen molar-refractivity contribution in [1.29, 1.82) is 0 Å². The summed E-state index contributed by atoms with van der Waals surface area (Å²) in [4.78, 5) is 23.5. The van der Waals surface area contributed by atoms with Gasteiger partial charge in [0.1, 0.15) is 12.6 Å². The van der Waals surface area contributed by atoms with Gasteiger partial charge in [0.2, 0.25) is 25.8 Å². The highest BCUT2D eigenvalue weighted by atomic mass is 32.2. The summed E-state index contributed by atoms with van der Waals surface area (Å²) >= 11 is 0. The maximum Gasteiger partial charge on any atom is 0.322 e. The first-order valence-electron chi connectivity index (χ1n) is 11.0. The summed E-state index contributed by atoms with van der Waals surface area (Å²) in [5.74, 6) is -2.10. The zero-order valence-electron chi connectivity index (χ0n) is 18.3. The predicted octanol–water partition coefficient (Wildman–Crippen LogP) is 1.90. The number of aliphatic carboxylic acids is 1. The normalized spacial score (nSPS) is 23.2. The average Bonchev–Trinajstić information content (AvgIpc) is 3.24. The Bertz CT molecular complexity index is 1290. The SMILES string of the molecule is O=C(O)CNC(=O)C1C2CCCCC2CN1S(=O)(=O)c1cccc(S(=O)(=O)c2ccccc2)c1. The van der Waals surface area contributed by atoms with Gasteiger partial charge in [0.05, 0.1) is 14.7 Å². The van der Waals surface area contributed by atoms with E-state index < -0.39 is 44.3 Å². The lowest BCUT2D eigenvalue weighted by atomic mass is 9.78. The molecule has 1 heterocycles. The second-order valence-corrected chi connectivity index (χ2v) is 12.5. The number of carboxylic acid groups (broad SMARTS) is 1. The smallest absolute Gasteiger partial charge is 0.322 e. The van der Waals surface area contributed by atoms with Crippen LogP contribution in [0.4, 0.5) is 0 Å². The number of sulfone groups is 1. The van der Waals surface area contributed by atoms with Gasteiger partial charge in [0.25, 0.3) is 0 Å². The van der Waals surface area contributed by atoms with Crippen molar-refractivity contribution in [2.24, 2.45) is 11.8 Å². The number of carboxylic acids is 1. The molecule has 1 aliphatic heterocycles. The van der Waals surface area contributed by atoms with Crippen molar-refractivity contribution >= 4 is 31.7 Å². The molecule has 2 fully saturated rings. The number of hydrogen-bond donors (Lipinski definition) is 2. The van der Waals surface area contributed by atoms with E-state index in [4.69, 9.17) is 5.11 Å². The van der Waals surface area contributed by atoms with Crippen molar-refractivity contribution in [1.82, 2.24) is 9.62 Å². The number of sulfonamides is 1. The molecule has 4 rings (SSSR count). The van der Waals surface area contributed by atoms with Crippen LogP contribution in [0.3, 0.4) is 0 Å². The number of carbonyl (C=O) groups excluding carboxylic acids is 1. The molecule has 2 N–H and O–H groups in total. The van der Waals surface area contributed by atoms with Gasteiger partial charge < -0.3 is 10.4 Å². The lowest BCUT2D eigenvalue weighted by Crippen LogP contribution is -2.49. The standard InChI is InChI=1S/C23H26N2O7S2/c26-21(27)14-24-23(28)22-20-12-5-4-7-16(20)15-25(22)34(31,32)19-11-6-10-18(13-19)33(29,30)17-8-2-1-3-9-17/h1-3,6,8-11,13,16,20,22H,4-5,7,12,14-15H2,(H,24,28)(H,26,27). The zero-order valence-corrected chi connectivity index (χ0v) is 20.0. The zero-order chi connectivity index (χ0) is 24.5. The molecule has 1 saturated heterocycles. The Kier molecular flexibility index (Phi) is 6.79. The van der Waals surface area contributed by atoms with Crippen molar-refractivity contribution in [2.45, 2.75) is 46.4 Å². The highest BCUT2D eigenvalue weighted by Crippen LogP contribution is 2.43. The fraction of sp³-hybridized carbons (Fsp3) is 0.391. The first kappa shape index (κ1) is 24.4. The Hall–Kier alpha value is -2.76. The van der Waals surface area contributed by atoms with E-state index in [0.717, 1.165) is 29.6 Å². The summed E-state index contributed by atoms with van der Waals surface area (Å²) in [6.07, 6.45) is 3.25.